The third kappa shape index (κ3) is 2.51. The van der Waals surface area contributed by atoms with Crippen LogP contribution in [0.3, 0.4) is 0 Å². The van der Waals surface area contributed by atoms with E-state index in [9.17, 15) is 19.5 Å². The Kier molecular flexibility index (Phi) is 3.90. The predicted molar refractivity (Wildman–Crippen MR) is 115 cm³/mol. The van der Waals surface area contributed by atoms with Crippen LogP contribution >= 0.6 is 0 Å². The van der Waals surface area contributed by atoms with Crippen LogP contribution in [0, 0.1) is 0 Å². The topological polar surface area (TPSA) is 128 Å². The van der Waals surface area contributed by atoms with Gasteiger partial charge >= 0.3 is 0 Å². The van der Waals surface area contributed by atoms with Crippen molar-refractivity contribution in [1.82, 2.24) is 20.3 Å². The van der Waals surface area contributed by atoms with E-state index in [1.165, 1.54) is 11.1 Å². The van der Waals surface area contributed by atoms with Gasteiger partial charge in [0, 0.05) is 46.1 Å². The first-order chi connectivity index (χ1) is 15.5. The highest BCUT2D eigenvalue weighted by Gasteiger charge is 2.41. The van der Waals surface area contributed by atoms with Crippen LogP contribution in [0.4, 0.5) is 5.69 Å². The van der Waals surface area contributed by atoms with Crippen LogP contribution < -0.4 is 10.2 Å². The maximum atomic E-state index is 13.2. The van der Waals surface area contributed by atoms with E-state index in [0.717, 1.165) is 10.9 Å². The second-order valence-corrected chi connectivity index (χ2v) is 7.97. The number of imide groups is 1. The Morgan fingerprint density at radius 1 is 1.12 bits per heavy atom. The second-order valence-electron chi connectivity index (χ2n) is 7.97. The van der Waals surface area contributed by atoms with Gasteiger partial charge in [0.1, 0.15) is 12.1 Å². The van der Waals surface area contributed by atoms with Crippen LogP contribution in [-0.2, 0) is 9.59 Å². The zero-order valence-corrected chi connectivity index (χ0v) is 16.7. The van der Waals surface area contributed by atoms with Gasteiger partial charge in [-0.05, 0) is 18.6 Å². The molecule has 0 bridgehead atoms. The fourth-order valence-electron chi connectivity index (χ4n) is 4.73. The van der Waals surface area contributed by atoms with Crippen molar-refractivity contribution in [2.24, 2.45) is 0 Å². The van der Waals surface area contributed by atoms with Crippen molar-refractivity contribution < 1.29 is 19.5 Å². The molecule has 9 heteroatoms. The van der Waals surface area contributed by atoms with Crippen LogP contribution in [0.15, 0.2) is 49.1 Å². The van der Waals surface area contributed by atoms with Gasteiger partial charge in [-0.2, -0.15) is 0 Å². The highest BCUT2D eigenvalue weighted by molar-refractivity contribution is 6.27. The number of aliphatic hydroxyl groups excluding tert-OH is 1. The van der Waals surface area contributed by atoms with Crippen LogP contribution in [0.1, 0.15) is 40.6 Å². The molecular weight excluding hydrogens is 410 g/mol. The number of carbonyl (C=O) groups excluding carboxylic acids is 3. The molecule has 3 aromatic heterocycles. The summed E-state index contributed by atoms with van der Waals surface area (Å²) in [5.74, 6) is -1.15. The maximum absolute atomic E-state index is 13.2. The number of nitrogens with zero attached hydrogens (tertiary/aromatic N) is 3. The Morgan fingerprint density at radius 2 is 2.00 bits per heavy atom. The minimum absolute atomic E-state index is 0.166. The number of aromatic amines is 1. The van der Waals surface area contributed by atoms with Gasteiger partial charge in [0.05, 0.1) is 29.3 Å². The number of hydrogen-bond acceptors (Lipinski definition) is 6. The summed E-state index contributed by atoms with van der Waals surface area (Å²) in [7, 11) is 0. The Morgan fingerprint density at radius 3 is 2.84 bits per heavy atom. The van der Waals surface area contributed by atoms with Gasteiger partial charge in [-0.15, -0.1) is 0 Å². The molecule has 158 valence electrons. The van der Waals surface area contributed by atoms with Crippen molar-refractivity contribution in [1.29, 1.82) is 0 Å². The second kappa shape index (κ2) is 6.69. The first-order valence-electron chi connectivity index (χ1n) is 10.2. The summed E-state index contributed by atoms with van der Waals surface area (Å²) in [6.45, 7) is 0. The average molecular weight is 427 g/mol. The standard InChI is InChI=1S/C23H17N5O4/c29-18-5-4-16(22(31)27-18)28-17-10-26-20(12-2-1-3-13(19(12)17)23(28)32)21(30)14-8-25-15-9-24-7-6-11(14)15/h1-3,6-10,16,21,25,30H,4-5H2,(H,27,29,31). The molecule has 32 heavy (non-hydrogen) atoms. The monoisotopic (exact) mass is 427 g/mol. The van der Waals surface area contributed by atoms with Gasteiger partial charge < -0.3 is 10.1 Å². The number of piperidine rings is 1. The average Bonchev–Trinajstić information content (AvgIpc) is 3.35. The number of aliphatic hydroxyl groups is 1. The van der Waals surface area contributed by atoms with Crippen LogP contribution in [0.2, 0.25) is 0 Å². The summed E-state index contributed by atoms with van der Waals surface area (Å²) in [6, 6.07) is 6.29. The molecular formula is C23H17N5O4. The van der Waals surface area contributed by atoms with Gasteiger partial charge in [-0.1, -0.05) is 12.1 Å². The number of aromatic nitrogens is 3. The number of pyridine rings is 2. The first kappa shape index (κ1) is 18.6. The normalized spacial score (nSPS) is 19.1. The third-order valence-corrected chi connectivity index (χ3v) is 6.22. The van der Waals surface area contributed by atoms with Crippen molar-refractivity contribution >= 4 is 45.1 Å². The molecule has 0 spiro atoms. The summed E-state index contributed by atoms with van der Waals surface area (Å²) in [5.41, 5.74) is 2.82. The van der Waals surface area contributed by atoms with Gasteiger partial charge in [0.2, 0.25) is 11.8 Å². The SMILES string of the molecule is O=C1CCC(N2C(=O)c3cccc4c(C(O)c5c[nH]c6cnccc56)ncc2c34)C(=O)N1. The van der Waals surface area contributed by atoms with Gasteiger partial charge in [-0.3, -0.25) is 34.6 Å². The molecule has 4 aromatic rings. The molecule has 9 nitrogen and oxygen atoms in total. The lowest BCUT2D eigenvalue weighted by Crippen LogP contribution is -2.53. The maximum Gasteiger partial charge on any atom is 0.259 e. The third-order valence-electron chi connectivity index (χ3n) is 6.22. The molecule has 5 heterocycles. The molecule has 3 N–H and O–H groups in total. The number of nitrogens with one attached hydrogen (secondary N) is 2. The smallest absolute Gasteiger partial charge is 0.259 e. The lowest BCUT2D eigenvalue weighted by atomic mass is 9.98. The van der Waals surface area contributed by atoms with Crippen LogP contribution in [0.5, 0.6) is 0 Å². The van der Waals surface area contributed by atoms with Crippen molar-refractivity contribution in [3.63, 3.8) is 0 Å². The minimum Gasteiger partial charge on any atom is -0.382 e. The van der Waals surface area contributed by atoms with E-state index < -0.39 is 18.1 Å². The van der Waals surface area contributed by atoms with Crippen molar-refractivity contribution in [3.8, 4) is 0 Å². The first-order valence-corrected chi connectivity index (χ1v) is 10.2. The molecule has 2 atom stereocenters. The highest BCUT2D eigenvalue weighted by Crippen LogP contribution is 2.42. The number of amides is 3. The molecule has 1 aromatic carbocycles. The number of anilines is 1. The number of rotatable bonds is 3. The summed E-state index contributed by atoms with van der Waals surface area (Å²) < 4.78 is 0. The highest BCUT2D eigenvalue weighted by atomic mass is 16.3. The zero-order chi connectivity index (χ0) is 22.0. The van der Waals surface area contributed by atoms with Crippen molar-refractivity contribution in [2.75, 3.05) is 4.90 Å². The largest absolute Gasteiger partial charge is 0.382 e. The van der Waals surface area contributed by atoms with Gasteiger partial charge in [-0.25, -0.2) is 0 Å². The molecule has 3 amide bonds. The van der Waals surface area contributed by atoms with E-state index in [4.69, 9.17) is 0 Å². The van der Waals surface area contributed by atoms with Crippen LogP contribution in [0.25, 0.3) is 21.7 Å². The Balaban J connectivity index is 1.49. The molecule has 1 fully saturated rings. The fourth-order valence-corrected chi connectivity index (χ4v) is 4.73. The summed E-state index contributed by atoms with van der Waals surface area (Å²) in [4.78, 5) is 50.4. The molecule has 6 rings (SSSR count). The molecule has 2 unspecified atom stereocenters. The lowest BCUT2D eigenvalue weighted by molar-refractivity contribution is -0.134. The summed E-state index contributed by atoms with van der Waals surface area (Å²) >= 11 is 0. The molecule has 2 aliphatic heterocycles. The summed E-state index contributed by atoms with van der Waals surface area (Å²) in [6.07, 6.45) is 5.97. The predicted octanol–water partition coefficient (Wildman–Crippen LogP) is 1.96. The Bertz CT molecular complexity index is 1460. The summed E-state index contributed by atoms with van der Waals surface area (Å²) in [5, 5.41) is 15.7. The van der Waals surface area contributed by atoms with Gasteiger partial charge in [0.25, 0.3) is 5.91 Å². The molecule has 2 aliphatic rings. The van der Waals surface area contributed by atoms with Crippen LogP contribution in [-0.4, -0.2) is 43.8 Å². The quantitative estimate of drug-likeness (QED) is 0.429. The van der Waals surface area contributed by atoms with E-state index in [2.05, 4.69) is 20.3 Å². The van der Waals surface area contributed by atoms with E-state index in [1.54, 1.807) is 30.7 Å². The van der Waals surface area contributed by atoms with Crippen molar-refractivity contribution in [3.05, 3.63) is 65.9 Å². The number of hydrogen-bond donors (Lipinski definition) is 3. The number of benzene rings is 1. The number of carbonyl (C=O) groups is 3. The Labute approximate surface area is 181 Å². The molecule has 0 aliphatic carbocycles. The zero-order valence-electron chi connectivity index (χ0n) is 16.7. The lowest BCUT2D eigenvalue weighted by Gasteiger charge is -2.30. The molecule has 1 saturated heterocycles. The Hall–Kier alpha value is -4.11. The van der Waals surface area contributed by atoms with Gasteiger partial charge in [0.15, 0.2) is 0 Å². The molecule has 0 radical (unpaired) electrons. The van der Waals surface area contributed by atoms with Crippen molar-refractivity contribution in [2.45, 2.75) is 25.0 Å². The van der Waals surface area contributed by atoms with E-state index in [0.29, 0.717) is 33.3 Å². The fraction of sp³-hybridized carbons (Fsp3) is 0.174. The van der Waals surface area contributed by atoms with E-state index in [1.807, 2.05) is 12.1 Å². The minimum atomic E-state index is -1.03. The number of H-pyrrole nitrogens is 1. The molecule has 0 saturated carbocycles. The van der Waals surface area contributed by atoms with E-state index >= 15 is 0 Å². The van der Waals surface area contributed by atoms with E-state index in [-0.39, 0.29) is 24.7 Å². The number of fused-ring (bicyclic) bond motifs is 1.